The van der Waals surface area contributed by atoms with E-state index in [9.17, 15) is 18.0 Å². The molecule has 1 heterocycles. The van der Waals surface area contributed by atoms with E-state index in [0.29, 0.717) is 10.7 Å². The summed E-state index contributed by atoms with van der Waals surface area (Å²) in [5.41, 5.74) is 0.552. The maximum absolute atomic E-state index is 14.0. The highest BCUT2D eigenvalue weighted by Crippen LogP contribution is 2.35. The Morgan fingerprint density at radius 3 is 2.52 bits per heavy atom. The third-order valence-electron chi connectivity index (χ3n) is 5.66. The fraction of sp³-hybridized carbons (Fsp3) is 0.435. The van der Waals surface area contributed by atoms with Gasteiger partial charge in [0.25, 0.3) is 5.91 Å². The number of carbonyl (C=O) groups is 1. The minimum atomic E-state index is -1.45. The van der Waals surface area contributed by atoms with Gasteiger partial charge in [0.15, 0.2) is 24.0 Å². The number of hydrogen-bond donors (Lipinski definition) is 2. The van der Waals surface area contributed by atoms with E-state index < -0.39 is 46.3 Å². The number of ether oxygens (including phenoxy) is 1. The number of benzene rings is 2. The fourth-order valence-electron chi connectivity index (χ4n) is 3.55. The molecule has 0 aliphatic carbocycles. The van der Waals surface area contributed by atoms with E-state index in [1.54, 1.807) is 18.2 Å². The van der Waals surface area contributed by atoms with Gasteiger partial charge in [-0.1, -0.05) is 30.1 Å². The van der Waals surface area contributed by atoms with E-state index in [0.717, 1.165) is 44.7 Å². The van der Waals surface area contributed by atoms with Gasteiger partial charge in [-0.25, -0.2) is 8.78 Å². The average Bonchev–Trinajstić information content (AvgIpc) is 2.79. The Bertz CT molecular complexity index is 986. The van der Waals surface area contributed by atoms with Crippen LogP contribution < -0.4 is 15.4 Å². The van der Waals surface area contributed by atoms with Gasteiger partial charge in [-0.05, 0) is 57.0 Å². The van der Waals surface area contributed by atoms with Crippen molar-refractivity contribution in [3.8, 4) is 5.75 Å². The number of likely N-dealkylation sites (tertiary alicyclic amines) is 1. The Morgan fingerprint density at radius 2 is 1.85 bits per heavy atom. The zero-order valence-electron chi connectivity index (χ0n) is 18.4. The topological polar surface area (TPSA) is 53.6 Å². The van der Waals surface area contributed by atoms with Crippen LogP contribution in [0.3, 0.4) is 0 Å². The molecule has 5 nitrogen and oxygen atoms in total. The molecule has 1 aliphatic rings. The van der Waals surface area contributed by atoms with E-state index in [1.807, 2.05) is 0 Å². The summed E-state index contributed by atoms with van der Waals surface area (Å²) in [6.45, 7) is 6.47. The summed E-state index contributed by atoms with van der Waals surface area (Å²) >= 11 is 12.0. The molecule has 2 aromatic rings. The van der Waals surface area contributed by atoms with Gasteiger partial charge in [-0.15, -0.1) is 0 Å². The normalized spacial score (nSPS) is 14.9. The lowest BCUT2D eigenvalue weighted by Crippen LogP contribution is -2.36. The first-order chi connectivity index (χ1) is 15.7. The number of amides is 1. The summed E-state index contributed by atoms with van der Waals surface area (Å²) in [5, 5.41) is 5.51. The molecule has 2 N–H and O–H groups in total. The van der Waals surface area contributed by atoms with Crippen molar-refractivity contribution in [2.75, 3.05) is 43.4 Å². The Balaban J connectivity index is 1.51. The van der Waals surface area contributed by atoms with Crippen LogP contribution in [0.2, 0.25) is 10.0 Å². The van der Waals surface area contributed by atoms with Crippen molar-refractivity contribution in [3.63, 3.8) is 0 Å². The quantitative estimate of drug-likeness (QED) is 0.441. The van der Waals surface area contributed by atoms with Crippen LogP contribution in [0, 0.1) is 30.3 Å². The van der Waals surface area contributed by atoms with E-state index in [1.165, 1.54) is 12.8 Å². The number of piperidine rings is 1. The molecule has 1 aliphatic heterocycles. The molecule has 33 heavy (non-hydrogen) atoms. The largest absolute Gasteiger partial charge is 0.479 e. The molecule has 0 aromatic heterocycles. The molecular formula is C23H26Cl2F3N3O2. The molecule has 180 valence electrons. The van der Waals surface area contributed by atoms with Crippen LogP contribution in [0.15, 0.2) is 18.2 Å². The Labute approximate surface area is 201 Å². The van der Waals surface area contributed by atoms with Gasteiger partial charge < -0.3 is 20.3 Å². The molecule has 1 saturated heterocycles. The second-order valence-corrected chi connectivity index (χ2v) is 8.98. The van der Waals surface area contributed by atoms with Crippen molar-refractivity contribution < 1.29 is 22.7 Å². The Kier molecular flexibility index (Phi) is 8.73. The summed E-state index contributed by atoms with van der Waals surface area (Å²) in [6.07, 6.45) is 2.43. The van der Waals surface area contributed by atoms with Gasteiger partial charge in [-0.2, -0.15) is 4.39 Å². The first-order valence-corrected chi connectivity index (χ1v) is 11.4. The molecule has 3 rings (SSSR count). The number of rotatable bonds is 8. The van der Waals surface area contributed by atoms with Crippen LogP contribution >= 0.6 is 23.2 Å². The number of nitrogens with one attached hydrogen (secondary N) is 2. The zero-order valence-corrected chi connectivity index (χ0v) is 19.9. The molecule has 1 fully saturated rings. The number of nitrogens with zero attached hydrogens (tertiary/aromatic N) is 1. The molecule has 0 unspecified atom stereocenters. The molecule has 2 aromatic carbocycles. The zero-order chi connectivity index (χ0) is 24.1. The predicted molar refractivity (Wildman–Crippen MR) is 125 cm³/mol. The van der Waals surface area contributed by atoms with E-state index in [4.69, 9.17) is 27.9 Å². The van der Waals surface area contributed by atoms with Crippen LogP contribution in [-0.4, -0.2) is 43.6 Å². The fourth-order valence-corrected chi connectivity index (χ4v) is 4.08. The van der Waals surface area contributed by atoms with Gasteiger partial charge in [0, 0.05) is 24.3 Å². The Hall–Kier alpha value is -2.16. The highest BCUT2D eigenvalue weighted by atomic mass is 35.5. The SMILES string of the molecule is Cc1c(F)c(F)c(OCC(=O)Nc2ccc(NCCN3CCC(C)CC3)c(Cl)c2)c(Cl)c1F. The first kappa shape index (κ1) is 25.5. The van der Waals surface area contributed by atoms with Gasteiger partial charge in [0.2, 0.25) is 5.82 Å². The molecular weight excluding hydrogens is 478 g/mol. The monoisotopic (exact) mass is 503 g/mol. The van der Waals surface area contributed by atoms with E-state index in [2.05, 4.69) is 22.5 Å². The average molecular weight is 504 g/mol. The van der Waals surface area contributed by atoms with Crippen molar-refractivity contribution in [2.45, 2.75) is 26.7 Å². The molecule has 0 radical (unpaired) electrons. The second-order valence-electron chi connectivity index (χ2n) is 8.19. The van der Waals surface area contributed by atoms with Crippen molar-refractivity contribution in [1.82, 2.24) is 4.90 Å². The number of hydrogen-bond acceptors (Lipinski definition) is 4. The van der Waals surface area contributed by atoms with Gasteiger partial charge in [-0.3, -0.25) is 4.79 Å². The standard InChI is InChI=1S/C23H26Cl2F3N3O2/c1-13-5-8-31(9-6-13)10-7-29-17-4-3-15(11-16(17)24)30-18(32)12-33-23-19(25)20(26)14(2)21(27)22(23)28/h3-4,11,13,29H,5-10,12H2,1-2H3,(H,30,32). The van der Waals surface area contributed by atoms with Crippen LogP contribution in [0.1, 0.15) is 25.3 Å². The predicted octanol–water partition coefficient (Wildman–Crippen LogP) is 5.88. The Morgan fingerprint density at radius 1 is 1.15 bits per heavy atom. The highest BCUT2D eigenvalue weighted by molar-refractivity contribution is 6.33. The number of halogens is 5. The second kappa shape index (κ2) is 11.3. The van der Waals surface area contributed by atoms with Crippen LogP contribution in [0.5, 0.6) is 5.75 Å². The minimum Gasteiger partial charge on any atom is -0.479 e. The highest BCUT2D eigenvalue weighted by Gasteiger charge is 2.23. The van der Waals surface area contributed by atoms with Gasteiger partial charge >= 0.3 is 0 Å². The van der Waals surface area contributed by atoms with Crippen LogP contribution in [0.25, 0.3) is 0 Å². The lowest BCUT2D eigenvalue weighted by Gasteiger charge is -2.30. The van der Waals surface area contributed by atoms with Crippen molar-refractivity contribution in [1.29, 1.82) is 0 Å². The van der Waals surface area contributed by atoms with E-state index >= 15 is 0 Å². The summed E-state index contributed by atoms with van der Waals surface area (Å²) < 4.78 is 46.5. The van der Waals surface area contributed by atoms with Crippen molar-refractivity contribution in [2.24, 2.45) is 5.92 Å². The third kappa shape index (κ3) is 6.46. The number of carbonyl (C=O) groups excluding carboxylic acids is 1. The molecule has 0 saturated carbocycles. The molecule has 0 atom stereocenters. The third-order valence-corrected chi connectivity index (χ3v) is 6.31. The van der Waals surface area contributed by atoms with Crippen LogP contribution in [-0.2, 0) is 4.79 Å². The summed E-state index contributed by atoms with van der Waals surface area (Å²) in [4.78, 5) is 14.6. The summed E-state index contributed by atoms with van der Waals surface area (Å²) in [6, 6.07) is 4.94. The maximum Gasteiger partial charge on any atom is 0.262 e. The van der Waals surface area contributed by atoms with E-state index in [-0.39, 0.29) is 0 Å². The van der Waals surface area contributed by atoms with Crippen molar-refractivity contribution >= 4 is 40.5 Å². The minimum absolute atomic E-state index is 0.386. The first-order valence-electron chi connectivity index (χ1n) is 10.7. The number of anilines is 2. The molecule has 0 bridgehead atoms. The molecule has 10 heteroatoms. The van der Waals surface area contributed by atoms with Gasteiger partial charge in [0.05, 0.1) is 10.7 Å². The lowest BCUT2D eigenvalue weighted by molar-refractivity contribution is -0.118. The molecule has 1 amide bonds. The molecule has 0 spiro atoms. The van der Waals surface area contributed by atoms with Gasteiger partial charge in [0.1, 0.15) is 5.02 Å². The smallest absolute Gasteiger partial charge is 0.262 e. The van der Waals surface area contributed by atoms with Crippen molar-refractivity contribution in [3.05, 3.63) is 51.3 Å². The lowest BCUT2D eigenvalue weighted by atomic mass is 9.99. The summed E-state index contributed by atoms with van der Waals surface area (Å²) in [7, 11) is 0. The summed E-state index contributed by atoms with van der Waals surface area (Å²) in [5.74, 6) is -4.76. The van der Waals surface area contributed by atoms with Crippen LogP contribution in [0.4, 0.5) is 24.5 Å². The maximum atomic E-state index is 14.0.